The summed E-state index contributed by atoms with van der Waals surface area (Å²) in [4.78, 5) is 11.5. The van der Waals surface area contributed by atoms with Crippen LogP contribution in [0.3, 0.4) is 0 Å². The molecule has 6 nitrogen and oxygen atoms in total. The van der Waals surface area contributed by atoms with Crippen LogP contribution in [0.1, 0.15) is 47.0 Å². The Kier molecular flexibility index (Phi) is 11.6. The normalized spacial score (nSPS) is 11.5. The summed E-state index contributed by atoms with van der Waals surface area (Å²) < 4.78 is 11.6. The van der Waals surface area contributed by atoms with Crippen LogP contribution in [0.4, 0.5) is 0 Å². The molecule has 3 N–H and O–H groups in total. The third-order valence-corrected chi connectivity index (χ3v) is 6.28. The number of nitrogens with one attached hydrogen (secondary N) is 1. The van der Waals surface area contributed by atoms with Crippen molar-refractivity contribution in [1.29, 1.82) is 0 Å². The average Bonchev–Trinajstić information content (AvgIpc) is 2.94. The van der Waals surface area contributed by atoms with E-state index in [0.717, 1.165) is 46.5 Å². The Labute approximate surface area is 242 Å². The van der Waals surface area contributed by atoms with Crippen LogP contribution < -0.4 is 14.8 Å². The highest BCUT2D eigenvalue weighted by Crippen LogP contribution is 2.29. The van der Waals surface area contributed by atoms with E-state index in [1.54, 1.807) is 18.2 Å². The zero-order valence-corrected chi connectivity index (χ0v) is 23.6. The summed E-state index contributed by atoms with van der Waals surface area (Å²) in [7, 11) is 0. The lowest BCUT2D eigenvalue weighted by Gasteiger charge is -2.15. The molecule has 210 valence electrons. The van der Waals surface area contributed by atoms with Crippen LogP contribution in [0.15, 0.2) is 97.1 Å². The lowest BCUT2D eigenvalue weighted by atomic mass is 10.0. The van der Waals surface area contributed by atoms with E-state index >= 15 is 0 Å². The van der Waals surface area contributed by atoms with Crippen LogP contribution in [0.5, 0.6) is 11.5 Å². The second kappa shape index (κ2) is 15.1. The number of ether oxygens (including phenoxy) is 2. The monoisotopic (exact) mass is 561 g/mol. The molecule has 0 aliphatic heterocycles. The van der Waals surface area contributed by atoms with Gasteiger partial charge in [-0.25, -0.2) is 4.79 Å². The average molecular weight is 562 g/mol. The number of rotatable bonds is 13. The second-order valence-electron chi connectivity index (χ2n) is 9.70. The summed E-state index contributed by atoms with van der Waals surface area (Å²) in [5.74, 6) is 0.0976. The SMILES string of the molecule is CC(C)Oc1cc(-c2ccc(CCNC[C@H](O)c3cccc(OCc4ccccc4)c3)cc2)ccc1C(=O)O.Cl. The van der Waals surface area contributed by atoms with Crippen LogP contribution in [0, 0.1) is 0 Å². The molecule has 0 saturated carbocycles. The van der Waals surface area contributed by atoms with Gasteiger partial charge in [0, 0.05) is 6.54 Å². The highest BCUT2D eigenvalue weighted by molar-refractivity contribution is 5.92. The fraction of sp³-hybridized carbons (Fsp3) is 0.242. The first-order chi connectivity index (χ1) is 18.9. The van der Waals surface area contributed by atoms with Gasteiger partial charge in [0.15, 0.2) is 0 Å². The maximum atomic E-state index is 11.5. The van der Waals surface area contributed by atoms with E-state index in [4.69, 9.17) is 9.47 Å². The first-order valence-electron chi connectivity index (χ1n) is 13.2. The molecule has 4 aromatic rings. The quantitative estimate of drug-likeness (QED) is 0.157. The van der Waals surface area contributed by atoms with Gasteiger partial charge in [0.2, 0.25) is 0 Å². The molecule has 0 unspecified atom stereocenters. The molecule has 0 aliphatic rings. The number of hydrogen-bond acceptors (Lipinski definition) is 5. The molecule has 0 heterocycles. The first kappa shape index (κ1) is 30.7. The van der Waals surface area contributed by atoms with Gasteiger partial charge in [-0.15, -0.1) is 12.4 Å². The standard InChI is InChI=1S/C33H35NO5.ClH/c1-23(2)39-32-20-27(15-16-30(32)33(36)37)26-13-11-24(12-14-26)17-18-34-21-31(35)28-9-6-10-29(19-28)38-22-25-7-4-3-5-8-25;/h3-16,19-20,23,31,34-35H,17-18,21-22H2,1-2H3,(H,36,37);1H/t31-;/m0./s1. The van der Waals surface area contributed by atoms with Crippen molar-refractivity contribution in [3.63, 3.8) is 0 Å². The fourth-order valence-corrected chi connectivity index (χ4v) is 4.24. The van der Waals surface area contributed by atoms with Gasteiger partial charge < -0.3 is 25.0 Å². The lowest BCUT2D eigenvalue weighted by Crippen LogP contribution is -2.23. The van der Waals surface area contributed by atoms with Crippen LogP contribution in [-0.4, -0.2) is 35.4 Å². The van der Waals surface area contributed by atoms with Gasteiger partial charge in [0.25, 0.3) is 0 Å². The molecule has 0 spiro atoms. The van der Waals surface area contributed by atoms with E-state index in [0.29, 0.717) is 18.9 Å². The van der Waals surface area contributed by atoms with Gasteiger partial charge in [-0.1, -0.05) is 72.8 Å². The predicted molar refractivity (Wildman–Crippen MR) is 161 cm³/mol. The number of carboxylic acid groups (broad SMARTS) is 1. The van der Waals surface area contributed by atoms with E-state index in [1.807, 2.05) is 80.6 Å². The van der Waals surface area contributed by atoms with E-state index in [2.05, 4.69) is 17.4 Å². The molecule has 40 heavy (non-hydrogen) atoms. The van der Waals surface area contributed by atoms with Gasteiger partial charge in [-0.05, 0) is 78.9 Å². The highest BCUT2D eigenvalue weighted by atomic mass is 35.5. The van der Waals surface area contributed by atoms with Crippen molar-refractivity contribution < 1.29 is 24.5 Å². The molecular formula is C33H36ClNO5. The molecule has 0 aliphatic carbocycles. The minimum atomic E-state index is -1.01. The predicted octanol–water partition coefficient (Wildman–Crippen LogP) is 6.71. The Hall–Kier alpha value is -3.84. The van der Waals surface area contributed by atoms with Crippen molar-refractivity contribution in [2.75, 3.05) is 13.1 Å². The lowest BCUT2D eigenvalue weighted by molar-refractivity contribution is 0.0690. The smallest absolute Gasteiger partial charge is 0.339 e. The molecule has 0 aromatic heterocycles. The Balaban J connectivity index is 0.00000441. The maximum absolute atomic E-state index is 11.5. The van der Waals surface area contributed by atoms with Gasteiger partial charge >= 0.3 is 5.97 Å². The molecule has 0 saturated heterocycles. The highest BCUT2D eigenvalue weighted by Gasteiger charge is 2.14. The number of hydrogen-bond donors (Lipinski definition) is 3. The number of aromatic carboxylic acids is 1. The van der Waals surface area contributed by atoms with Gasteiger partial charge in [-0.3, -0.25) is 0 Å². The number of halogens is 1. The largest absolute Gasteiger partial charge is 0.490 e. The van der Waals surface area contributed by atoms with E-state index in [-0.39, 0.29) is 24.1 Å². The van der Waals surface area contributed by atoms with Crippen LogP contribution in [-0.2, 0) is 13.0 Å². The molecular weight excluding hydrogens is 526 g/mol. The summed E-state index contributed by atoms with van der Waals surface area (Å²) >= 11 is 0. The third-order valence-electron chi connectivity index (χ3n) is 6.28. The van der Waals surface area contributed by atoms with Gasteiger partial charge in [-0.2, -0.15) is 0 Å². The third kappa shape index (κ3) is 8.85. The minimum absolute atomic E-state index is 0. The Morgan fingerprint density at radius 3 is 2.27 bits per heavy atom. The summed E-state index contributed by atoms with van der Waals surface area (Å²) in [6, 6.07) is 30.9. The first-order valence-corrected chi connectivity index (χ1v) is 13.2. The van der Waals surface area contributed by atoms with Crippen molar-refractivity contribution in [2.24, 2.45) is 0 Å². The fourth-order valence-electron chi connectivity index (χ4n) is 4.24. The number of carboxylic acids is 1. The Bertz CT molecular complexity index is 1360. The molecule has 0 amide bonds. The molecule has 4 rings (SSSR count). The molecule has 4 aromatic carbocycles. The molecule has 0 bridgehead atoms. The van der Waals surface area contributed by atoms with Crippen molar-refractivity contribution >= 4 is 18.4 Å². The summed E-state index contributed by atoms with van der Waals surface area (Å²) in [6.07, 6.45) is 0.0553. The summed E-state index contributed by atoms with van der Waals surface area (Å²) in [5.41, 5.74) is 5.12. The van der Waals surface area contributed by atoms with Crippen LogP contribution >= 0.6 is 12.4 Å². The number of aliphatic hydroxyl groups is 1. The summed E-state index contributed by atoms with van der Waals surface area (Å²) in [5, 5.41) is 23.4. The summed E-state index contributed by atoms with van der Waals surface area (Å²) in [6.45, 7) is 5.39. The molecule has 0 fully saturated rings. The van der Waals surface area contributed by atoms with Gasteiger partial charge in [0.1, 0.15) is 23.7 Å². The zero-order valence-electron chi connectivity index (χ0n) is 22.7. The van der Waals surface area contributed by atoms with Gasteiger partial charge in [0.05, 0.1) is 12.2 Å². The van der Waals surface area contributed by atoms with Crippen LogP contribution in [0.25, 0.3) is 11.1 Å². The Morgan fingerprint density at radius 2 is 1.57 bits per heavy atom. The molecule has 7 heteroatoms. The topological polar surface area (TPSA) is 88.0 Å². The molecule has 0 radical (unpaired) electrons. The van der Waals surface area contributed by atoms with Crippen molar-refractivity contribution in [2.45, 2.75) is 39.1 Å². The zero-order chi connectivity index (χ0) is 27.6. The van der Waals surface area contributed by atoms with Crippen LogP contribution in [0.2, 0.25) is 0 Å². The van der Waals surface area contributed by atoms with E-state index < -0.39 is 12.1 Å². The maximum Gasteiger partial charge on any atom is 0.339 e. The minimum Gasteiger partial charge on any atom is -0.490 e. The van der Waals surface area contributed by atoms with Crippen molar-refractivity contribution in [3.05, 3.63) is 119 Å². The number of carbonyl (C=O) groups is 1. The Morgan fingerprint density at radius 1 is 0.850 bits per heavy atom. The number of benzene rings is 4. The van der Waals surface area contributed by atoms with Crippen molar-refractivity contribution in [3.8, 4) is 22.6 Å². The van der Waals surface area contributed by atoms with E-state index in [9.17, 15) is 15.0 Å². The number of aliphatic hydroxyl groups excluding tert-OH is 1. The van der Waals surface area contributed by atoms with Crippen molar-refractivity contribution in [1.82, 2.24) is 5.32 Å². The second-order valence-corrected chi connectivity index (χ2v) is 9.70. The van der Waals surface area contributed by atoms with E-state index in [1.165, 1.54) is 0 Å². The molecule has 1 atom stereocenters.